The van der Waals surface area contributed by atoms with E-state index in [1.807, 2.05) is 0 Å². The van der Waals surface area contributed by atoms with Crippen LogP contribution in [0.2, 0.25) is 0 Å². The SMILES string of the molecule is C[C@H]1CCC2(C)C3CC[C@@]4(C)C(C5C6C5C6N4C(=O)[C@H]4CC[C@@H](F)CO4)[C@@H]3CC[C@@]2(O)C1. The number of hydrogen-bond donors (Lipinski definition) is 1. The van der Waals surface area contributed by atoms with Gasteiger partial charge < -0.3 is 14.7 Å². The molecular weight excluding hydrogens is 405 g/mol. The summed E-state index contributed by atoms with van der Waals surface area (Å²) in [7, 11) is 0. The van der Waals surface area contributed by atoms with E-state index in [1.165, 1.54) is 6.42 Å². The Morgan fingerprint density at radius 3 is 2.53 bits per heavy atom. The highest BCUT2D eigenvalue weighted by Crippen LogP contribution is 2.82. The lowest BCUT2D eigenvalue weighted by molar-refractivity contribution is -0.230. The van der Waals surface area contributed by atoms with E-state index in [4.69, 9.17) is 4.74 Å². The second kappa shape index (κ2) is 6.30. The van der Waals surface area contributed by atoms with Crippen molar-refractivity contribution in [1.29, 1.82) is 0 Å². The van der Waals surface area contributed by atoms with Crippen LogP contribution in [-0.4, -0.2) is 52.0 Å². The number of nitrogens with zero attached hydrogens (tertiary/aromatic N) is 1. The van der Waals surface area contributed by atoms with Crippen LogP contribution in [0, 0.1) is 46.8 Å². The second-order valence-electron chi connectivity index (χ2n) is 13.5. The number of ether oxygens (including phenoxy) is 1. The molecule has 178 valence electrons. The Bertz CT molecular complexity index is 833. The number of carbonyl (C=O) groups excluding carboxylic acids is 1. The average Bonchev–Trinajstić information content (AvgIpc) is 3.66. The van der Waals surface area contributed by atoms with Crippen LogP contribution in [0.15, 0.2) is 0 Å². The first kappa shape index (κ1) is 20.7. The van der Waals surface area contributed by atoms with Gasteiger partial charge in [0.25, 0.3) is 5.91 Å². The van der Waals surface area contributed by atoms with Crippen LogP contribution in [0.3, 0.4) is 0 Å². The summed E-state index contributed by atoms with van der Waals surface area (Å²) < 4.78 is 19.4. The normalized spacial score (nSPS) is 62.2. The number of amides is 1. The van der Waals surface area contributed by atoms with E-state index in [1.54, 1.807) is 0 Å². The van der Waals surface area contributed by atoms with E-state index in [0.29, 0.717) is 54.4 Å². The first-order valence-electron chi connectivity index (χ1n) is 13.5. The van der Waals surface area contributed by atoms with Crippen molar-refractivity contribution in [3.05, 3.63) is 0 Å². The summed E-state index contributed by atoms with van der Waals surface area (Å²) in [6.07, 6.45) is 7.20. The van der Waals surface area contributed by atoms with Crippen molar-refractivity contribution < 1.29 is 19.0 Å². The van der Waals surface area contributed by atoms with Gasteiger partial charge in [-0.1, -0.05) is 13.8 Å². The number of piperidine rings is 2. The van der Waals surface area contributed by atoms with Gasteiger partial charge in [0.2, 0.25) is 0 Å². The summed E-state index contributed by atoms with van der Waals surface area (Å²) in [6, 6.07) is 0.434. The Balaban J connectivity index is 1.19. The summed E-state index contributed by atoms with van der Waals surface area (Å²) in [5, 5.41) is 11.8. The topological polar surface area (TPSA) is 49.8 Å². The Morgan fingerprint density at radius 1 is 1.03 bits per heavy atom. The maximum absolute atomic E-state index is 13.7. The molecule has 1 amide bonds. The zero-order valence-electron chi connectivity index (χ0n) is 19.9. The monoisotopic (exact) mass is 445 g/mol. The molecule has 1 N–H and O–H groups in total. The molecule has 4 nitrogen and oxygen atoms in total. The average molecular weight is 446 g/mol. The van der Waals surface area contributed by atoms with Crippen LogP contribution < -0.4 is 0 Å². The molecule has 3 saturated heterocycles. The van der Waals surface area contributed by atoms with Gasteiger partial charge in [-0.05, 0) is 112 Å². The van der Waals surface area contributed by atoms with Crippen molar-refractivity contribution in [2.24, 2.45) is 46.8 Å². The van der Waals surface area contributed by atoms with Gasteiger partial charge >= 0.3 is 0 Å². The molecule has 5 unspecified atom stereocenters. The van der Waals surface area contributed by atoms with Gasteiger partial charge in [-0.2, -0.15) is 0 Å². The quantitative estimate of drug-likeness (QED) is 0.653. The number of alkyl halides is 1. The van der Waals surface area contributed by atoms with Gasteiger partial charge in [-0.25, -0.2) is 4.39 Å². The standard InChI is InChI=1S/C27H40FNO3/c1-14-6-9-25(2)17-8-10-26(3)22(16(17)7-11-27(25,31)12-14)19-20-21(19)23(20)29(26)24(30)18-5-4-15(28)13-32-18/h14-23,31H,4-13H2,1-3H3/t14-,15+,16+,17?,18+,19?,20?,21?,22?,23?,25?,26-,27+/m0/s1. The third kappa shape index (κ3) is 2.38. The van der Waals surface area contributed by atoms with Gasteiger partial charge in [-0.3, -0.25) is 4.79 Å². The molecule has 0 radical (unpaired) electrons. The molecule has 3 aliphatic heterocycles. The van der Waals surface area contributed by atoms with Crippen molar-refractivity contribution in [2.75, 3.05) is 6.61 Å². The fraction of sp³-hybridized carbons (Fsp3) is 0.963. The summed E-state index contributed by atoms with van der Waals surface area (Å²) in [5.74, 6) is 4.80. The summed E-state index contributed by atoms with van der Waals surface area (Å²) in [4.78, 5) is 16.0. The van der Waals surface area contributed by atoms with Gasteiger partial charge in [0.05, 0.1) is 12.2 Å². The smallest absolute Gasteiger partial charge is 0.252 e. The first-order valence-corrected chi connectivity index (χ1v) is 13.5. The Labute approximate surface area is 191 Å². The van der Waals surface area contributed by atoms with Crippen LogP contribution in [0.25, 0.3) is 0 Å². The molecule has 3 heterocycles. The molecule has 32 heavy (non-hydrogen) atoms. The summed E-state index contributed by atoms with van der Waals surface area (Å²) in [5.41, 5.74) is -0.560. The molecule has 11 atom stereocenters. The van der Waals surface area contributed by atoms with Crippen molar-refractivity contribution >= 4 is 5.91 Å². The van der Waals surface area contributed by atoms with E-state index < -0.39 is 17.9 Å². The van der Waals surface area contributed by atoms with Crippen molar-refractivity contribution in [1.82, 2.24) is 4.90 Å². The predicted molar refractivity (Wildman–Crippen MR) is 118 cm³/mol. The van der Waals surface area contributed by atoms with Crippen LogP contribution in [-0.2, 0) is 9.53 Å². The van der Waals surface area contributed by atoms with Crippen molar-refractivity contribution in [2.45, 2.75) is 108 Å². The summed E-state index contributed by atoms with van der Waals surface area (Å²) in [6.45, 7) is 7.16. The van der Waals surface area contributed by atoms with E-state index in [9.17, 15) is 14.3 Å². The van der Waals surface area contributed by atoms with E-state index in [2.05, 4.69) is 25.7 Å². The number of rotatable bonds is 1. The maximum atomic E-state index is 13.7. The molecule has 5 saturated carbocycles. The maximum Gasteiger partial charge on any atom is 0.252 e. The van der Waals surface area contributed by atoms with Crippen LogP contribution in [0.1, 0.15) is 78.6 Å². The molecule has 2 bridgehead atoms. The van der Waals surface area contributed by atoms with Gasteiger partial charge in [0.15, 0.2) is 0 Å². The fourth-order valence-corrected chi connectivity index (χ4v) is 10.4. The molecule has 8 aliphatic rings. The summed E-state index contributed by atoms with van der Waals surface area (Å²) >= 11 is 0. The highest BCUT2D eigenvalue weighted by Gasteiger charge is 2.86. The van der Waals surface area contributed by atoms with E-state index in [0.717, 1.165) is 44.4 Å². The lowest BCUT2D eigenvalue weighted by Gasteiger charge is -2.68. The third-order valence-electron chi connectivity index (χ3n) is 12.1. The van der Waals surface area contributed by atoms with Gasteiger partial charge in [0, 0.05) is 11.6 Å². The number of fused-ring (bicyclic) bond motifs is 3. The number of halogens is 1. The molecule has 0 aromatic rings. The largest absolute Gasteiger partial charge is 0.389 e. The fourth-order valence-electron chi connectivity index (χ4n) is 10.4. The van der Waals surface area contributed by atoms with Gasteiger partial charge in [0.1, 0.15) is 12.3 Å². The van der Waals surface area contributed by atoms with Crippen molar-refractivity contribution in [3.8, 4) is 0 Å². The predicted octanol–water partition coefficient (Wildman–Crippen LogP) is 4.34. The van der Waals surface area contributed by atoms with E-state index in [-0.39, 0.29) is 23.5 Å². The highest BCUT2D eigenvalue weighted by atomic mass is 19.1. The molecule has 5 heteroatoms. The highest BCUT2D eigenvalue weighted by molar-refractivity contribution is 5.83. The molecule has 8 rings (SSSR count). The Morgan fingerprint density at radius 2 is 1.81 bits per heavy atom. The Hall–Kier alpha value is -0.680. The molecule has 5 aliphatic carbocycles. The lowest BCUT2D eigenvalue weighted by atomic mass is 9.42. The minimum Gasteiger partial charge on any atom is -0.389 e. The molecule has 0 spiro atoms. The zero-order chi connectivity index (χ0) is 22.2. The first-order chi connectivity index (χ1) is 15.2. The second-order valence-corrected chi connectivity index (χ2v) is 13.5. The van der Waals surface area contributed by atoms with Crippen molar-refractivity contribution in [3.63, 3.8) is 0 Å². The minimum atomic E-state index is -0.919. The number of aliphatic hydroxyl groups is 1. The minimum absolute atomic E-state index is 0.0249. The van der Waals surface area contributed by atoms with Gasteiger partial charge in [-0.15, -0.1) is 0 Å². The van der Waals surface area contributed by atoms with Crippen LogP contribution in [0.5, 0.6) is 0 Å². The molecular formula is C27H40FNO3. The lowest BCUT2D eigenvalue weighted by Crippen LogP contribution is -2.71. The zero-order valence-corrected chi connectivity index (χ0v) is 19.9. The number of carbonyl (C=O) groups is 1. The Kier molecular flexibility index (Phi) is 4.07. The van der Waals surface area contributed by atoms with Crippen LogP contribution >= 0.6 is 0 Å². The third-order valence-corrected chi connectivity index (χ3v) is 12.1. The number of hydrogen-bond acceptors (Lipinski definition) is 3. The molecule has 0 aromatic heterocycles. The van der Waals surface area contributed by atoms with Crippen LogP contribution in [0.4, 0.5) is 4.39 Å². The van der Waals surface area contributed by atoms with E-state index >= 15 is 0 Å². The molecule has 8 fully saturated rings. The molecule has 0 aromatic carbocycles.